The summed E-state index contributed by atoms with van der Waals surface area (Å²) < 4.78 is 11.7. The molecule has 3 fully saturated rings. The standard InChI is InChI=1S/C15H27N3O2S.HI/c1-16-14(18-12-9-11-3-4-13(12)20-11)17-10-15(21-2)5-7-19-8-6-15;/h11-13H,3-10H2,1-2H3,(H2,16,17,18);1H. The maximum absolute atomic E-state index is 5.90. The number of fused-ring (bicyclic) bond motifs is 2. The molecule has 5 nitrogen and oxygen atoms in total. The van der Waals surface area contributed by atoms with Gasteiger partial charge in [0.2, 0.25) is 0 Å². The maximum Gasteiger partial charge on any atom is 0.191 e. The second-order valence-electron chi connectivity index (χ2n) is 6.29. The van der Waals surface area contributed by atoms with Gasteiger partial charge in [-0.25, -0.2) is 0 Å². The number of halogens is 1. The number of thioether (sulfide) groups is 1. The molecule has 3 atom stereocenters. The van der Waals surface area contributed by atoms with Crippen molar-refractivity contribution in [1.29, 1.82) is 0 Å². The molecule has 3 rings (SSSR count). The van der Waals surface area contributed by atoms with E-state index >= 15 is 0 Å². The number of guanidine groups is 1. The van der Waals surface area contributed by atoms with Crippen molar-refractivity contribution in [2.45, 2.75) is 55.1 Å². The molecule has 0 radical (unpaired) electrons. The van der Waals surface area contributed by atoms with E-state index in [1.165, 1.54) is 12.8 Å². The van der Waals surface area contributed by atoms with E-state index < -0.39 is 0 Å². The van der Waals surface area contributed by atoms with Crippen molar-refractivity contribution in [2.24, 2.45) is 4.99 Å². The number of nitrogens with one attached hydrogen (secondary N) is 2. The molecule has 3 unspecified atom stereocenters. The highest BCUT2D eigenvalue weighted by Crippen LogP contribution is 2.35. The molecule has 22 heavy (non-hydrogen) atoms. The molecule has 7 heteroatoms. The van der Waals surface area contributed by atoms with Gasteiger partial charge < -0.3 is 20.1 Å². The molecule has 0 aromatic heterocycles. The average molecular weight is 441 g/mol. The van der Waals surface area contributed by atoms with Crippen LogP contribution in [0.5, 0.6) is 0 Å². The molecule has 0 spiro atoms. The first-order chi connectivity index (χ1) is 10.2. The summed E-state index contributed by atoms with van der Waals surface area (Å²) in [5.74, 6) is 0.913. The van der Waals surface area contributed by atoms with Crippen LogP contribution in [0.4, 0.5) is 0 Å². The van der Waals surface area contributed by atoms with Gasteiger partial charge in [0.25, 0.3) is 0 Å². The average Bonchev–Trinajstić information content (AvgIpc) is 3.15. The number of hydrogen-bond acceptors (Lipinski definition) is 4. The largest absolute Gasteiger partial charge is 0.381 e. The van der Waals surface area contributed by atoms with Gasteiger partial charge in [0.15, 0.2) is 5.96 Å². The second kappa shape index (κ2) is 8.39. The lowest BCUT2D eigenvalue weighted by molar-refractivity contribution is 0.0782. The Morgan fingerprint density at radius 2 is 2.09 bits per heavy atom. The molecular formula is C15H28IN3O2S. The Labute approximate surface area is 154 Å². The summed E-state index contributed by atoms with van der Waals surface area (Å²) in [4.78, 5) is 4.38. The minimum atomic E-state index is 0. The summed E-state index contributed by atoms with van der Waals surface area (Å²) in [7, 11) is 1.85. The smallest absolute Gasteiger partial charge is 0.191 e. The summed E-state index contributed by atoms with van der Waals surface area (Å²) in [5.41, 5.74) is 0. The van der Waals surface area contributed by atoms with Crippen molar-refractivity contribution in [1.82, 2.24) is 10.6 Å². The predicted molar refractivity (Wildman–Crippen MR) is 103 cm³/mol. The van der Waals surface area contributed by atoms with E-state index in [0.29, 0.717) is 18.2 Å². The molecule has 0 aromatic carbocycles. The molecule has 0 aliphatic carbocycles. The minimum absolute atomic E-state index is 0. The summed E-state index contributed by atoms with van der Waals surface area (Å²) in [6.07, 6.45) is 8.80. The zero-order valence-electron chi connectivity index (χ0n) is 13.5. The van der Waals surface area contributed by atoms with E-state index in [1.807, 2.05) is 18.8 Å². The highest BCUT2D eigenvalue weighted by molar-refractivity contribution is 14.0. The first-order valence-electron chi connectivity index (χ1n) is 8.00. The molecule has 0 saturated carbocycles. The third-order valence-electron chi connectivity index (χ3n) is 5.07. The Bertz CT molecular complexity index is 391. The van der Waals surface area contributed by atoms with Crippen LogP contribution in [0.3, 0.4) is 0 Å². The Balaban J connectivity index is 0.00000176. The fourth-order valence-electron chi connectivity index (χ4n) is 3.60. The zero-order chi connectivity index (χ0) is 14.7. The number of nitrogens with zero attached hydrogens (tertiary/aromatic N) is 1. The fraction of sp³-hybridized carbons (Fsp3) is 0.933. The molecular weight excluding hydrogens is 413 g/mol. The van der Waals surface area contributed by atoms with Crippen LogP contribution in [0.1, 0.15) is 32.1 Å². The van der Waals surface area contributed by atoms with Crippen LogP contribution in [-0.2, 0) is 9.47 Å². The number of hydrogen-bond donors (Lipinski definition) is 2. The first kappa shape index (κ1) is 18.6. The lowest BCUT2D eigenvalue weighted by Crippen LogP contribution is -2.51. The van der Waals surface area contributed by atoms with Gasteiger partial charge in [0.1, 0.15) is 0 Å². The number of rotatable bonds is 4. The van der Waals surface area contributed by atoms with E-state index in [1.54, 1.807) is 0 Å². The fourth-order valence-corrected chi connectivity index (χ4v) is 4.39. The van der Waals surface area contributed by atoms with Crippen molar-refractivity contribution in [2.75, 3.05) is 33.1 Å². The third kappa shape index (κ3) is 4.21. The Morgan fingerprint density at radius 3 is 2.64 bits per heavy atom. The Kier molecular flexibility index (Phi) is 7.10. The van der Waals surface area contributed by atoms with Crippen LogP contribution >= 0.6 is 35.7 Å². The van der Waals surface area contributed by atoms with E-state index in [0.717, 1.165) is 45.0 Å². The van der Waals surface area contributed by atoms with Crippen LogP contribution < -0.4 is 10.6 Å². The van der Waals surface area contributed by atoms with Crippen molar-refractivity contribution < 1.29 is 9.47 Å². The van der Waals surface area contributed by atoms with Gasteiger partial charge in [-0.05, 0) is 38.4 Å². The van der Waals surface area contributed by atoms with E-state index in [2.05, 4.69) is 21.9 Å². The summed E-state index contributed by atoms with van der Waals surface area (Å²) in [6, 6.07) is 0.426. The number of aliphatic imine (C=N–C) groups is 1. The minimum Gasteiger partial charge on any atom is -0.381 e. The maximum atomic E-state index is 5.90. The highest BCUT2D eigenvalue weighted by Gasteiger charge is 2.41. The normalized spacial score (nSPS) is 33.4. The number of ether oxygens (including phenoxy) is 2. The first-order valence-corrected chi connectivity index (χ1v) is 9.23. The van der Waals surface area contributed by atoms with Crippen LogP contribution in [-0.4, -0.2) is 62.0 Å². The molecule has 0 amide bonds. The Hall–Kier alpha value is 0.270. The zero-order valence-corrected chi connectivity index (χ0v) is 16.6. The van der Waals surface area contributed by atoms with Gasteiger partial charge in [-0.15, -0.1) is 24.0 Å². The van der Waals surface area contributed by atoms with Crippen LogP contribution in [0.15, 0.2) is 4.99 Å². The predicted octanol–water partition coefficient (Wildman–Crippen LogP) is 2.00. The summed E-state index contributed by atoms with van der Waals surface area (Å²) in [6.45, 7) is 2.68. The van der Waals surface area contributed by atoms with Crippen molar-refractivity contribution in [3.63, 3.8) is 0 Å². The van der Waals surface area contributed by atoms with Crippen molar-refractivity contribution in [3.05, 3.63) is 0 Å². The molecule has 3 heterocycles. The lowest BCUT2D eigenvalue weighted by Gasteiger charge is -2.36. The van der Waals surface area contributed by atoms with Crippen LogP contribution in [0.25, 0.3) is 0 Å². The van der Waals surface area contributed by atoms with Gasteiger partial charge in [-0.2, -0.15) is 11.8 Å². The van der Waals surface area contributed by atoms with Gasteiger partial charge in [-0.1, -0.05) is 0 Å². The van der Waals surface area contributed by atoms with Gasteiger partial charge in [-0.3, -0.25) is 4.99 Å². The summed E-state index contributed by atoms with van der Waals surface area (Å²) in [5, 5.41) is 7.08. The van der Waals surface area contributed by atoms with Crippen molar-refractivity contribution >= 4 is 41.7 Å². The lowest BCUT2D eigenvalue weighted by atomic mass is 9.95. The third-order valence-corrected chi connectivity index (χ3v) is 6.49. The van der Waals surface area contributed by atoms with Crippen LogP contribution in [0.2, 0.25) is 0 Å². The monoisotopic (exact) mass is 441 g/mol. The highest BCUT2D eigenvalue weighted by atomic mass is 127. The van der Waals surface area contributed by atoms with E-state index in [4.69, 9.17) is 9.47 Å². The van der Waals surface area contributed by atoms with Crippen LogP contribution in [0, 0.1) is 0 Å². The van der Waals surface area contributed by atoms with Gasteiger partial charge in [0, 0.05) is 31.6 Å². The molecule has 2 bridgehead atoms. The van der Waals surface area contributed by atoms with Gasteiger partial charge in [0.05, 0.1) is 18.2 Å². The molecule has 0 aromatic rings. The Morgan fingerprint density at radius 1 is 1.32 bits per heavy atom. The molecule has 3 aliphatic heterocycles. The molecule has 3 saturated heterocycles. The summed E-state index contributed by atoms with van der Waals surface area (Å²) >= 11 is 1.95. The molecule has 128 valence electrons. The molecule has 2 N–H and O–H groups in total. The SMILES string of the molecule is CN=C(NCC1(SC)CCOCC1)NC1CC2CCC1O2.I. The quantitative estimate of drug-likeness (QED) is 0.397. The van der Waals surface area contributed by atoms with Crippen molar-refractivity contribution in [3.8, 4) is 0 Å². The topological polar surface area (TPSA) is 54.9 Å². The second-order valence-corrected chi connectivity index (χ2v) is 7.56. The van der Waals surface area contributed by atoms with E-state index in [9.17, 15) is 0 Å². The van der Waals surface area contributed by atoms with E-state index in [-0.39, 0.29) is 28.7 Å². The van der Waals surface area contributed by atoms with Gasteiger partial charge >= 0.3 is 0 Å². The molecule has 3 aliphatic rings.